The van der Waals surface area contributed by atoms with Crippen LogP contribution in [0.3, 0.4) is 0 Å². The van der Waals surface area contributed by atoms with Crippen LogP contribution in [0.15, 0.2) is 24.3 Å². The van der Waals surface area contributed by atoms with Gasteiger partial charge in [0.05, 0.1) is 32.5 Å². The number of allylic oxidation sites excluding steroid dienone is 4. The Morgan fingerprint density at radius 3 is 1.82 bits per heavy atom. The van der Waals surface area contributed by atoms with Crippen LogP contribution in [0.4, 0.5) is 0 Å². The third kappa shape index (κ3) is 3.00. The number of aromatic nitrogens is 2. The van der Waals surface area contributed by atoms with Crippen LogP contribution in [0.1, 0.15) is 31.8 Å². The molecular formula is C22H24N4O2. The molecule has 0 amide bonds. The number of aromatic amines is 2. The van der Waals surface area contributed by atoms with Gasteiger partial charge in [-0.1, -0.05) is 12.2 Å². The Labute approximate surface area is 162 Å². The second-order valence-electron chi connectivity index (χ2n) is 7.41. The molecule has 0 spiro atoms. The van der Waals surface area contributed by atoms with Crippen molar-refractivity contribution in [3.63, 3.8) is 0 Å². The first kappa shape index (κ1) is 18.4. The summed E-state index contributed by atoms with van der Waals surface area (Å²) in [6, 6.07) is 0. The summed E-state index contributed by atoms with van der Waals surface area (Å²) in [7, 11) is 4.03. The lowest BCUT2D eigenvalue weighted by Gasteiger charge is -2.10. The summed E-state index contributed by atoms with van der Waals surface area (Å²) < 4.78 is 0. The van der Waals surface area contributed by atoms with Gasteiger partial charge in [0.15, 0.2) is 11.6 Å². The predicted octanol–water partition coefficient (Wildman–Crippen LogP) is 0.301. The summed E-state index contributed by atoms with van der Waals surface area (Å²) in [6.07, 6.45) is 11.8. The molecule has 0 fully saturated rings. The van der Waals surface area contributed by atoms with E-state index in [0.717, 1.165) is 51.1 Å². The topological polar surface area (TPSA) is 95.0 Å². The van der Waals surface area contributed by atoms with E-state index in [1.165, 1.54) is 0 Å². The van der Waals surface area contributed by atoms with Gasteiger partial charge in [0, 0.05) is 6.54 Å². The largest absolute Gasteiger partial charge is 0.353 e. The molecule has 28 heavy (non-hydrogen) atoms. The smallest absolute Gasteiger partial charge is 0.188 e. The van der Waals surface area contributed by atoms with Gasteiger partial charge >= 0.3 is 0 Å². The van der Waals surface area contributed by atoms with Crippen molar-refractivity contribution in [3.8, 4) is 0 Å². The fourth-order valence-corrected chi connectivity index (χ4v) is 3.97. The first-order valence-corrected chi connectivity index (χ1v) is 9.47. The molecule has 0 saturated heterocycles. The molecular weight excluding hydrogens is 352 g/mol. The van der Waals surface area contributed by atoms with Crippen LogP contribution in [-0.4, -0.2) is 53.6 Å². The molecule has 2 aromatic heterocycles. The zero-order chi connectivity index (χ0) is 19.8. The zero-order valence-electron chi connectivity index (χ0n) is 16.1. The van der Waals surface area contributed by atoms with Gasteiger partial charge in [-0.05, 0) is 68.9 Å². The van der Waals surface area contributed by atoms with Crippen molar-refractivity contribution >= 4 is 23.7 Å². The summed E-state index contributed by atoms with van der Waals surface area (Å²) in [4.78, 5) is 34.1. The molecule has 4 rings (SSSR count). The number of nitrogens with zero attached hydrogens (tertiary/aromatic N) is 1. The van der Waals surface area contributed by atoms with Crippen LogP contribution in [0.5, 0.6) is 0 Å². The number of ketones is 2. The summed E-state index contributed by atoms with van der Waals surface area (Å²) in [6.45, 7) is 1.25. The number of carbonyl (C=O) groups excluding carboxylic acids is 2. The van der Waals surface area contributed by atoms with Crippen molar-refractivity contribution < 1.29 is 9.59 Å². The highest BCUT2D eigenvalue weighted by Crippen LogP contribution is 2.17. The second-order valence-corrected chi connectivity index (χ2v) is 7.41. The van der Waals surface area contributed by atoms with Crippen molar-refractivity contribution in [2.45, 2.75) is 12.8 Å². The maximum atomic E-state index is 12.6. The molecule has 0 unspecified atom stereocenters. The minimum atomic E-state index is -0.0149. The van der Waals surface area contributed by atoms with E-state index in [0.29, 0.717) is 18.5 Å². The van der Waals surface area contributed by atoms with Crippen LogP contribution >= 0.6 is 0 Å². The number of hydrogen-bond acceptors (Lipinski definition) is 4. The molecule has 6 nitrogen and oxygen atoms in total. The molecule has 2 aliphatic carbocycles. The SMILES string of the molecule is CN(C)CCc1c2c([nH]c1=c1[nH]c3c(c1CCN)C(=O)C=CC=3)=CC=CC2=O. The van der Waals surface area contributed by atoms with Gasteiger partial charge in [-0.15, -0.1) is 0 Å². The van der Waals surface area contributed by atoms with Crippen LogP contribution < -0.4 is 16.4 Å². The predicted molar refractivity (Wildman–Crippen MR) is 109 cm³/mol. The second kappa shape index (κ2) is 7.22. The maximum Gasteiger partial charge on any atom is 0.188 e. The average Bonchev–Trinajstić information content (AvgIpc) is 3.20. The van der Waals surface area contributed by atoms with Gasteiger partial charge < -0.3 is 20.6 Å². The first-order valence-electron chi connectivity index (χ1n) is 9.47. The Kier molecular flexibility index (Phi) is 4.75. The number of rotatable bonds is 5. The van der Waals surface area contributed by atoms with E-state index < -0.39 is 0 Å². The lowest BCUT2D eigenvalue weighted by Crippen LogP contribution is -2.19. The summed E-state index contributed by atoms with van der Waals surface area (Å²) >= 11 is 0. The molecule has 0 aliphatic heterocycles. The molecule has 144 valence electrons. The van der Waals surface area contributed by atoms with Crippen molar-refractivity contribution in [2.75, 3.05) is 27.2 Å². The number of H-pyrrole nitrogens is 2. The van der Waals surface area contributed by atoms with Gasteiger partial charge in [0.2, 0.25) is 0 Å². The molecule has 4 N–H and O–H groups in total. The van der Waals surface area contributed by atoms with Crippen LogP contribution in [-0.2, 0) is 12.8 Å². The fraction of sp³-hybridized carbons (Fsp3) is 0.273. The Balaban J connectivity index is 2.12. The number of nitrogens with one attached hydrogen (secondary N) is 2. The van der Waals surface area contributed by atoms with Crippen molar-refractivity contribution in [2.24, 2.45) is 5.73 Å². The highest BCUT2D eigenvalue weighted by Gasteiger charge is 2.21. The normalized spacial score (nSPS) is 16.1. The highest BCUT2D eigenvalue weighted by molar-refractivity contribution is 6.08. The van der Waals surface area contributed by atoms with E-state index in [1.54, 1.807) is 24.3 Å². The molecule has 0 radical (unpaired) electrons. The standard InChI is InChI=1S/C22H24N4O2/c1-26(2)12-10-14-20-16(6-4-8-18(20)28)25-22(14)21-13(9-11-23)19-15(24-21)5-3-7-17(19)27/h3-8,24-25H,9-12,23H2,1-2H3. The van der Waals surface area contributed by atoms with E-state index in [9.17, 15) is 9.59 Å². The monoisotopic (exact) mass is 376 g/mol. The summed E-state index contributed by atoms with van der Waals surface area (Å²) in [5, 5.41) is 3.34. The minimum Gasteiger partial charge on any atom is -0.353 e. The number of likely N-dealkylation sites (N-methyl/N-ethyl adjacent to an activating group) is 1. The van der Waals surface area contributed by atoms with Crippen LogP contribution in [0.25, 0.3) is 12.2 Å². The van der Waals surface area contributed by atoms with Crippen LogP contribution in [0.2, 0.25) is 0 Å². The molecule has 2 aromatic rings. The number of fused-ring (bicyclic) bond motifs is 2. The third-order valence-corrected chi connectivity index (χ3v) is 5.23. The highest BCUT2D eigenvalue weighted by atomic mass is 16.1. The Hall–Kier alpha value is -2.96. The first-order chi connectivity index (χ1) is 13.5. The van der Waals surface area contributed by atoms with Crippen molar-refractivity contribution in [1.29, 1.82) is 0 Å². The maximum absolute atomic E-state index is 12.6. The van der Waals surface area contributed by atoms with Crippen LogP contribution in [0, 0.1) is 10.7 Å². The Morgan fingerprint density at radius 1 is 0.857 bits per heavy atom. The van der Waals surface area contributed by atoms with Gasteiger partial charge in [-0.25, -0.2) is 0 Å². The lowest BCUT2D eigenvalue weighted by molar-refractivity contribution is 0.103. The quantitative estimate of drug-likeness (QED) is 0.700. The fourth-order valence-electron chi connectivity index (χ4n) is 3.97. The lowest BCUT2D eigenvalue weighted by atomic mass is 9.99. The van der Waals surface area contributed by atoms with Gasteiger partial charge in [0.1, 0.15) is 0 Å². The molecule has 2 aliphatic rings. The molecule has 0 atom stereocenters. The summed E-state index contributed by atoms with van der Waals surface area (Å²) in [5.74, 6) is -0.00586. The Morgan fingerprint density at radius 2 is 1.36 bits per heavy atom. The molecule has 0 aromatic carbocycles. The summed E-state index contributed by atoms with van der Waals surface area (Å²) in [5.41, 5.74) is 9.15. The molecule has 0 saturated carbocycles. The van der Waals surface area contributed by atoms with E-state index >= 15 is 0 Å². The van der Waals surface area contributed by atoms with Crippen molar-refractivity contribution in [1.82, 2.24) is 14.9 Å². The van der Waals surface area contributed by atoms with E-state index in [4.69, 9.17) is 5.73 Å². The minimum absolute atomic E-state index is 0.00903. The number of hydrogen-bond donors (Lipinski definition) is 3. The Bertz CT molecular complexity index is 1240. The van der Waals surface area contributed by atoms with Crippen molar-refractivity contribution in [3.05, 3.63) is 68.0 Å². The zero-order valence-corrected chi connectivity index (χ0v) is 16.1. The van der Waals surface area contributed by atoms with Gasteiger partial charge in [-0.3, -0.25) is 9.59 Å². The van der Waals surface area contributed by atoms with E-state index in [1.807, 2.05) is 26.2 Å². The van der Waals surface area contributed by atoms with Gasteiger partial charge in [0.25, 0.3) is 0 Å². The molecule has 2 heterocycles. The number of nitrogens with two attached hydrogens (primary N) is 1. The van der Waals surface area contributed by atoms with E-state index in [2.05, 4.69) is 14.9 Å². The molecule has 6 heteroatoms. The van der Waals surface area contributed by atoms with E-state index in [-0.39, 0.29) is 11.6 Å². The number of carbonyl (C=O) groups is 2. The average molecular weight is 376 g/mol. The molecule has 0 bridgehead atoms. The van der Waals surface area contributed by atoms with Gasteiger partial charge in [-0.2, -0.15) is 0 Å². The third-order valence-electron chi connectivity index (χ3n) is 5.23.